The fraction of sp³-hybridized carbons (Fsp3) is 0.125. The van der Waals surface area contributed by atoms with Gasteiger partial charge in [-0.2, -0.15) is 5.10 Å². The summed E-state index contributed by atoms with van der Waals surface area (Å²) in [5.41, 5.74) is 6.88. The number of rotatable bonds is 6. The fourth-order valence-electron chi connectivity index (χ4n) is 2.67. The van der Waals surface area contributed by atoms with E-state index in [-0.39, 0.29) is 12.3 Å². The minimum absolute atomic E-state index is 0.186. The molecule has 0 radical (unpaired) electrons. The third kappa shape index (κ3) is 6.14. The van der Waals surface area contributed by atoms with Gasteiger partial charge in [-0.3, -0.25) is 4.79 Å². The normalized spacial score (nSPS) is 10.7. The summed E-state index contributed by atoms with van der Waals surface area (Å²) in [6.45, 7) is 3.92. The average Bonchev–Trinajstić information content (AvgIpc) is 2.71. The molecule has 1 N–H and O–H groups in total. The number of hydrogen-bond acceptors (Lipinski definition) is 4. The van der Waals surface area contributed by atoms with Gasteiger partial charge in [0.05, 0.1) is 18.2 Å². The molecule has 0 aliphatic carbocycles. The molecule has 0 heterocycles. The standard InChI is InChI=1S/C24H22N2O3/c1-17-6-8-19(9-7-17)15-23(27)26-25-16-20-10-12-22(13-11-20)29-24(28)21-5-3-4-18(2)14-21/h3-14,16H,15H2,1-2H3,(H,26,27)/b25-16-. The first-order valence-electron chi connectivity index (χ1n) is 9.26. The van der Waals surface area contributed by atoms with E-state index in [1.54, 1.807) is 42.6 Å². The van der Waals surface area contributed by atoms with E-state index in [0.717, 1.165) is 22.3 Å². The van der Waals surface area contributed by atoms with Crippen molar-refractivity contribution in [2.75, 3.05) is 0 Å². The highest BCUT2D eigenvalue weighted by atomic mass is 16.5. The Morgan fingerprint density at radius 3 is 2.34 bits per heavy atom. The molecule has 0 saturated carbocycles. The van der Waals surface area contributed by atoms with Crippen LogP contribution < -0.4 is 10.2 Å². The van der Waals surface area contributed by atoms with Gasteiger partial charge in [-0.25, -0.2) is 10.2 Å². The lowest BCUT2D eigenvalue weighted by atomic mass is 10.1. The van der Waals surface area contributed by atoms with Crippen molar-refractivity contribution in [2.45, 2.75) is 20.3 Å². The van der Waals surface area contributed by atoms with Gasteiger partial charge in [0.15, 0.2) is 0 Å². The maximum atomic E-state index is 12.2. The average molecular weight is 386 g/mol. The van der Waals surface area contributed by atoms with Crippen molar-refractivity contribution in [1.29, 1.82) is 0 Å². The Kier molecular flexibility index (Phi) is 6.53. The van der Waals surface area contributed by atoms with Gasteiger partial charge in [0.1, 0.15) is 5.75 Å². The smallest absolute Gasteiger partial charge is 0.343 e. The predicted octanol–water partition coefficient (Wildman–Crippen LogP) is 4.22. The first kappa shape index (κ1) is 20.0. The quantitative estimate of drug-likeness (QED) is 0.299. The number of ether oxygens (including phenoxy) is 1. The molecule has 3 aromatic rings. The number of hydrogen-bond donors (Lipinski definition) is 1. The van der Waals surface area contributed by atoms with Crippen molar-refractivity contribution in [1.82, 2.24) is 5.43 Å². The number of carbonyl (C=O) groups is 2. The molecule has 0 aliphatic rings. The molecule has 0 aliphatic heterocycles. The lowest BCUT2D eigenvalue weighted by Gasteiger charge is -2.05. The van der Waals surface area contributed by atoms with Gasteiger partial charge in [-0.05, 0) is 61.4 Å². The van der Waals surface area contributed by atoms with E-state index in [1.807, 2.05) is 50.2 Å². The van der Waals surface area contributed by atoms with Crippen LogP contribution in [0.4, 0.5) is 0 Å². The number of esters is 1. The van der Waals surface area contributed by atoms with Crippen molar-refractivity contribution in [3.05, 3.63) is 101 Å². The van der Waals surface area contributed by atoms with E-state index in [4.69, 9.17) is 4.74 Å². The Morgan fingerprint density at radius 2 is 1.66 bits per heavy atom. The molecule has 0 fully saturated rings. The molecule has 5 nitrogen and oxygen atoms in total. The van der Waals surface area contributed by atoms with Crippen molar-refractivity contribution < 1.29 is 14.3 Å². The Bertz CT molecular complexity index is 1020. The van der Waals surface area contributed by atoms with Gasteiger partial charge >= 0.3 is 5.97 Å². The molecule has 3 aromatic carbocycles. The zero-order valence-corrected chi connectivity index (χ0v) is 16.4. The zero-order chi connectivity index (χ0) is 20.6. The summed E-state index contributed by atoms with van der Waals surface area (Å²) in [5, 5.41) is 3.97. The van der Waals surface area contributed by atoms with Gasteiger partial charge in [-0.15, -0.1) is 0 Å². The van der Waals surface area contributed by atoms with Gasteiger partial charge in [0.25, 0.3) is 0 Å². The third-order valence-corrected chi connectivity index (χ3v) is 4.23. The minimum Gasteiger partial charge on any atom is -0.423 e. The number of nitrogens with zero attached hydrogens (tertiary/aromatic N) is 1. The summed E-state index contributed by atoms with van der Waals surface area (Å²) < 4.78 is 5.37. The van der Waals surface area contributed by atoms with E-state index >= 15 is 0 Å². The molecule has 3 rings (SSSR count). The van der Waals surface area contributed by atoms with Crippen LogP contribution >= 0.6 is 0 Å². The van der Waals surface area contributed by atoms with Gasteiger partial charge in [0, 0.05) is 0 Å². The van der Waals surface area contributed by atoms with Crippen molar-refractivity contribution in [3.8, 4) is 5.75 Å². The van der Waals surface area contributed by atoms with E-state index in [9.17, 15) is 9.59 Å². The molecular weight excluding hydrogens is 364 g/mol. The number of carbonyl (C=O) groups excluding carboxylic acids is 2. The zero-order valence-electron chi connectivity index (χ0n) is 16.4. The minimum atomic E-state index is -0.404. The number of benzene rings is 3. The summed E-state index contributed by atoms with van der Waals surface area (Å²) in [6, 6.07) is 21.9. The topological polar surface area (TPSA) is 67.8 Å². The summed E-state index contributed by atoms with van der Waals surface area (Å²) in [6.07, 6.45) is 1.81. The molecule has 0 aromatic heterocycles. The largest absolute Gasteiger partial charge is 0.423 e. The Morgan fingerprint density at radius 1 is 0.931 bits per heavy atom. The number of nitrogens with one attached hydrogen (secondary N) is 1. The maximum absolute atomic E-state index is 12.2. The van der Waals surface area contributed by atoms with Crippen LogP contribution in [0.3, 0.4) is 0 Å². The first-order valence-corrected chi connectivity index (χ1v) is 9.26. The molecular formula is C24H22N2O3. The lowest BCUT2D eigenvalue weighted by Crippen LogP contribution is -2.19. The van der Waals surface area contributed by atoms with Crippen LogP contribution in [0.5, 0.6) is 5.75 Å². The fourth-order valence-corrected chi connectivity index (χ4v) is 2.67. The van der Waals surface area contributed by atoms with Gasteiger partial charge in [0.2, 0.25) is 5.91 Å². The van der Waals surface area contributed by atoms with Crippen LogP contribution in [-0.4, -0.2) is 18.1 Å². The van der Waals surface area contributed by atoms with Crippen molar-refractivity contribution >= 4 is 18.1 Å². The summed E-state index contributed by atoms with van der Waals surface area (Å²) >= 11 is 0. The van der Waals surface area contributed by atoms with E-state index in [1.165, 1.54) is 0 Å². The lowest BCUT2D eigenvalue weighted by molar-refractivity contribution is -0.120. The van der Waals surface area contributed by atoms with E-state index in [2.05, 4.69) is 10.5 Å². The molecule has 0 unspecified atom stereocenters. The van der Waals surface area contributed by atoms with Gasteiger partial charge < -0.3 is 4.74 Å². The van der Waals surface area contributed by atoms with Crippen LogP contribution in [0.1, 0.15) is 32.6 Å². The Balaban J connectivity index is 1.51. The molecule has 0 bridgehead atoms. The molecule has 29 heavy (non-hydrogen) atoms. The van der Waals surface area contributed by atoms with Crippen LogP contribution in [0.25, 0.3) is 0 Å². The maximum Gasteiger partial charge on any atom is 0.343 e. The monoisotopic (exact) mass is 386 g/mol. The van der Waals surface area contributed by atoms with E-state index in [0.29, 0.717) is 11.3 Å². The second kappa shape index (κ2) is 9.46. The predicted molar refractivity (Wildman–Crippen MR) is 113 cm³/mol. The van der Waals surface area contributed by atoms with Crippen molar-refractivity contribution in [2.24, 2.45) is 5.10 Å². The molecule has 146 valence electrons. The number of aryl methyl sites for hydroxylation is 2. The SMILES string of the molecule is Cc1ccc(CC(=O)N/N=C\c2ccc(OC(=O)c3cccc(C)c3)cc2)cc1. The summed E-state index contributed by atoms with van der Waals surface area (Å²) in [5.74, 6) is -0.149. The highest BCUT2D eigenvalue weighted by molar-refractivity contribution is 5.91. The third-order valence-electron chi connectivity index (χ3n) is 4.23. The molecule has 5 heteroatoms. The van der Waals surface area contributed by atoms with Crippen molar-refractivity contribution in [3.63, 3.8) is 0 Å². The molecule has 0 spiro atoms. The highest BCUT2D eigenvalue weighted by Gasteiger charge is 2.08. The first-order chi connectivity index (χ1) is 14.0. The summed E-state index contributed by atoms with van der Waals surface area (Å²) in [7, 11) is 0. The second-order valence-corrected chi connectivity index (χ2v) is 6.78. The van der Waals surface area contributed by atoms with Gasteiger partial charge in [-0.1, -0.05) is 47.5 Å². The second-order valence-electron chi connectivity index (χ2n) is 6.78. The molecule has 0 atom stereocenters. The number of hydrazone groups is 1. The van der Waals surface area contributed by atoms with Crippen LogP contribution in [-0.2, 0) is 11.2 Å². The highest BCUT2D eigenvalue weighted by Crippen LogP contribution is 2.14. The van der Waals surface area contributed by atoms with Crippen LogP contribution in [0, 0.1) is 13.8 Å². The van der Waals surface area contributed by atoms with E-state index < -0.39 is 5.97 Å². The molecule has 0 saturated heterocycles. The number of amides is 1. The Hall–Kier alpha value is -3.73. The van der Waals surface area contributed by atoms with Crippen LogP contribution in [0.2, 0.25) is 0 Å². The summed E-state index contributed by atoms with van der Waals surface area (Å²) in [4.78, 5) is 24.1. The molecule has 1 amide bonds. The van der Waals surface area contributed by atoms with Crippen LogP contribution in [0.15, 0.2) is 77.9 Å². The Labute approximate surface area is 170 Å².